The molecule has 0 atom stereocenters. The van der Waals surface area contributed by atoms with Gasteiger partial charge in [-0.05, 0) is 59.4 Å². The van der Waals surface area contributed by atoms with E-state index in [9.17, 15) is 4.79 Å². The van der Waals surface area contributed by atoms with Crippen LogP contribution >= 0.6 is 15.9 Å². The fraction of sp³-hybridized carbons (Fsp3) is 0.533. The number of rotatable bonds is 5. The van der Waals surface area contributed by atoms with Crippen LogP contribution in [0, 0.1) is 5.92 Å². The third-order valence-corrected chi connectivity index (χ3v) is 4.47. The van der Waals surface area contributed by atoms with E-state index in [1.165, 1.54) is 11.3 Å². The minimum absolute atomic E-state index is 0.180. The van der Waals surface area contributed by atoms with Gasteiger partial charge in [0.05, 0.1) is 5.69 Å². The van der Waals surface area contributed by atoms with Crippen molar-refractivity contribution in [3.8, 4) is 0 Å². The maximum atomic E-state index is 11.0. The van der Waals surface area contributed by atoms with Crippen molar-refractivity contribution in [3.63, 3.8) is 0 Å². The van der Waals surface area contributed by atoms with Gasteiger partial charge in [0.2, 0.25) is 5.91 Å². The number of nitrogens with zero attached hydrogens (tertiary/aromatic N) is 1. The molecular weight excluding hydrogens is 318 g/mol. The molecule has 0 bridgehead atoms. The molecule has 1 aromatic rings. The van der Waals surface area contributed by atoms with Crippen LogP contribution in [0.5, 0.6) is 0 Å². The van der Waals surface area contributed by atoms with Gasteiger partial charge in [0.15, 0.2) is 0 Å². The van der Waals surface area contributed by atoms with Crippen molar-refractivity contribution in [2.45, 2.75) is 25.8 Å². The molecule has 1 aliphatic heterocycles. The Labute approximate surface area is 128 Å². The highest BCUT2D eigenvalue weighted by Gasteiger charge is 2.21. The van der Waals surface area contributed by atoms with Gasteiger partial charge in [-0.1, -0.05) is 6.07 Å². The normalized spacial score (nSPS) is 16.4. The lowest BCUT2D eigenvalue weighted by molar-refractivity contribution is -0.119. The largest absolute Gasteiger partial charge is 0.371 e. The smallest absolute Gasteiger partial charge is 0.217 e. The molecule has 3 N–H and O–H groups in total. The first kappa shape index (κ1) is 15.3. The van der Waals surface area contributed by atoms with E-state index in [-0.39, 0.29) is 5.91 Å². The van der Waals surface area contributed by atoms with Gasteiger partial charge >= 0.3 is 0 Å². The molecule has 0 spiro atoms. The summed E-state index contributed by atoms with van der Waals surface area (Å²) in [5, 5.41) is 3.16. The van der Waals surface area contributed by atoms with Crippen LogP contribution < -0.4 is 16.0 Å². The summed E-state index contributed by atoms with van der Waals surface area (Å²) in [5.41, 5.74) is 7.78. The van der Waals surface area contributed by atoms with Crippen molar-refractivity contribution in [2.75, 3.05) is 25.0 Å². The number of primary amides is 1. The monoisotopic (exact) mass is 339 g/mol. The molecule has 1 heterocycles. The minimum atomic E-state index is -0.180. The number of hydrogen-bond acceptors (Lipinski definition) is 3. The van der Waals surface area contributed by atoms with Gasteiger partial charge in [-0.15, -0.1) is 0 Å². The van der Waals surface area contributed by atoms with Gasteiger partial charge in [0.1, 0.15) is 0 Å². The Hall–Kier alpha value is -1.07. The number of anilines is 1. The van der Waals surface area contributed by atoms with E-state index >= 15 is 0 Å². The fourth-order valence-electron chi connectivity index (χ4n) is 2.78. The number of nitrogens with two attached hydrogens (primary N) is 1. The Bertz CT molecular complexity index is 470. The zero-order valence-electron chi connectivity index (χ0n) is 11.9. The second-order valence-corrected chi connectivity index (χ2v) is 6.27. The van der Waals surface area contributed by atoms with E-state index in [1.54, 1.807) is 0 Å². The number of hydrogen-bond donors (Lipinski definition) is 2. The van der Waals surface area contributed by atoms with Crippen molar-refractivity contribution in [1.29, 1.82) is 0 Å². The Morgan fingerprint density at radius 2 is 2.15 bits per heavy atom. The molecule has 1 aliphatic rings. The van der Waals surface area contributed by atoms with Gasteiger partial charge in [0, 0.05) is 30.5 Å². The number of carbonyl (C=O) groups excluding carboxylic acids is 1. The highest BCUT2D eigenvalue weighted by atomic mass is 79.9. The van der Waals surface area contributed by atoms with Gasteiger partial charge in [-0.2, -0.15) is 0 Å². The second kappa shape index (κ2) is 7.09. The van der Waals surface area contributed by atoms with E-state index in [1.807, 2.05) is 7.05 Å². The third-order valence-electron chi connectivity index (χ3n) is 3.84. The molecule has 5 heteroatoms. The molecule has 2 rings (SSSR count). The molecule has 0 aromatic heterocycles. The standard InChI is InChI=1S/C15H22BrN3O/c1-18-10-12-2-3-14(13(16)8-12)19-6-4-11(5-7-19)9-15(17)20/h2-3,8,11,18H,4-7,9-10H2,1H3,(H2,17,20). The molecule has 110 valence electrons. The van der Waals surface area contributed by atoms with Crippen molar-refractivity contribution in [1.82, 2.24) is 5.32 Å². The zero-order chi connectivity index (χ0) is 14.5. The van der Waals surface area contributed by atoms with Crippen molar-refractivity contribution >= 4 is 27.5 Å². The van der Waals surface area contributed by atoms with Crippen LogP contribution in [0.3, 0.4) is 0 Å². The van der Waals surface area contributed by atoms with E-state index < -0.39 is 0 Å². The topological polar surface area (TPSA) is 58.4 Å². The first-order valence-electron chi connectivity index (χ1n) is 7.06. The Morgan fingerprint density at radius 3 is 2.70 bits per heavy atom. The van der Waals surface area contributed by atoms with E-state index in [4.69, 9.17) is 5.73 Å². The average molecular weight is 340 g/mol. The average Bonchev–Trinajstić information content (AvgIpc) is 2.40. The first-order valence-corrected chi connectivity index (χ1v) is 7.85. The molecule has 0 unspecified atom stereocenters. The third kappa shape index (κ3) is 3.96. The summed E-state index contributed by atoms with van der Waals surface area (Å²) in [5.74, 6) is 0.270. The van der Waals surface area contributed by atoms with Gasteiger partial charge in [0.25, 0.3) is 0 Å². The maximum Gasteiger partial charge on any atom is 0.217 e. The number of carbonyl (C=O) groups is 1. The minimum Gasteiger partial charge on any atom is -0.371 e. The van der Waals surface area contributed by atoms with Crippen LogP contribution in [0.1, 0.15) is 24.8 Å². The summed E-state index contributed by atoms with van der Waals surface area (Å²) in [7, 11) is 1.95. The summed E-state index contributed by atoms with van der Waals surface area (Å²) < 4.78 is 1.14. The Kier molecular flexibility index (Phi) is 5.43. The van der Waals surface area contributed by atoms with Crippen LogP contribution in [-0.2, 0) is 11.3 Å². The van der Waals surface area contributed by atoms with Crippen LogP contribution in [0.2, 0.25) is 0 Å². The molecular formula is C15H22BrN3O. The first-order chi connectivity index (χ1) is 9.60. The lowest BCUT2D eigenvalue weighted by Crippen LogP contribution is -2.35. The van der Waals surface area contributed by atoms with Crippen molar-refractivity contribution in [2.24, 2.45) is 11.7 Å². The van der Waals surface area contributed by atoms with Crippen LogP contribution in [0.15, 0.2) is 22.7 Å². The lowest BCUT2D eigenvalue weighted by Gasteiger charge is -2.34. The predicted molar refractivity (Wildman–Crippen MR) is 85.7 cm³/mol. The summed E-state index contributed by atoms with van der Waals surface area (Å²) >= 11 is 3.66. The number of amides is 1. The van der Waals surface area contributed by atoms with E-state index in [0.29, 0.717) is 12.3 Å². The molecule has 20 heavy (non-hydrogen) atoms. The Balaban J connectivity index is 1.98. The van der Waals surface area contributed by atoms with Crippen LogP contribution in [0.4, 0.5) is 5.69 Å². The number of nitrogens with one attached hydrogen (secondary N) is 1. The molecule has 1 saturated heterocycles. The van der Waals surface area contributed by atoms with Crippen molar-refractivity contribution in [3.05, 3.63) is 28.2 Å². The highest BCUT2D eigenvalue weighted by molar-refractivity contribution is 9.10. The maximum absolute atomic E-state index is 11.0. The summed E-state index contributed by atoms with van der Waals surface area (Å²) in [6.07, 6.45) is 2.59. The number of benzene rings is 1. The van der Waals surface area contributed by atoms with Crippen LogP contribution in [0.25, 0.3) is 0 Å². The molecule has 0 aliphatic carbocycles. The van der Waals surface area contributed by atoms with Crippen molar-refractivity contribution < 1.29 is 4.79 Å². The van der Waals surface area contributed by atoms with E-state index in [0.717, 1.165) is 36.9 Å². The highest BCUT2D eigenvalue weighted by Crippen LogP contribution is 2.31. The molecule has 1 fully saturated rings. The van der Waals surface area contributed by atoms with Gasteiger partial charge in [-0.3, -0.25) is 4.79 Å². The summed E-state index contributed by atoms with van der Waals surface area (Å²) in [6, 6.07) is 6.50. The number of halogens is 1. The number of piperidine rings is 1. The zero-order valence-corrected chi connectivity index (χ0v) is 13.4. The summed E-state index contributed by atoms with van der Waals surface area (Å²) in [6.45, 7) is 2.85. The van der Waals surface area contributed by atoms with E-state index in [2.05, 4.69) is 44.3 Å². The second-order valence-electron chi connectivity index (χ2n) is 5.42. The molecule has 0 saturated carbocycles. The SMILES string of the molecule is CNCc1ccc(N2CCC(CC(N)=O)CC2)c(Br)c1. The lowest BCUT2D eigenvalue weighted by atomic mass is 9.93. The summed E-state index contributed by atoms with van der Waals surface area (Å²) in [4.78, 5) is 13.3. The Morgan fingerprint density at radius 1 is 1.45 bits per heavy atom. The predicted octanol–water partition coefficient (Wildman–Crippen LogP) is 2.26. The molecule has 4 nitrogen and oxygen atoms in total. The van der Waals surface area contributed by atoms with Gasteiger partial charge in [-0.25, -0.2) is 0 Å². The molecule has 1 amide bonds. The van der Waals surface area contributed by atoms with Crippen LogP contribution in [-0.4, -0.2) is 26.0 Å². The molecule has 1 aromatic carbocycles. The molecule has 0 radical (unpaired) electrons. The quantitative estimate of drug-likeness (QED) is 0.864. The fourth-order valence-corrected chi connectivity index (χ4v) is 3.46. The van der Waals surface area contributed by atoms with Gasteiger partial charge < -0.3 is 16.0 Å².